The van der Waals surface area contributed by atoms with Crippen LogP contribution in [0.25, 0.3) is 0 Å². The molecule has 0 spiro atoms. The number of hydrogen-bond donors (Lipinski definition) is 2. The molecule has 1 fully saturated rings. The maximum atomic E-state index is 12.6. The van der Waals surface area contributed by atoms with E-state index in [4.69, 9.17) is 18.0 Å². The molecule has 1 saturated carbocycles. The molecule has 0 bridgehead atoms. The number of carbonyl (C=O) groups excluding carboxylic acids is 1. The predicted molar refractivity (Wildman–Crippen MR) is 86.9 cm³/mol. The lowest BCUT2D eigenvalue weighted by Gasteiger charge is -2.32. The summed E-state index contributed by atoms with van der Waals surface area (Å²) in [7, 11) is 0. The van der Waals surface area contributed by atoms with Crippen LogP contribution in [0.3, 0.4) is 0 Å². The van der Waals surface area contributed by atoms with E-state index in [1.165, 1.54) is 6.42 Å². The molecule has 0 radical (unpaired) electrons. The van der Waals surface area contributed by atoms with Gasteiger partial charge >= 0.3 is 0 Å². The van der Waals surface area contributed by atoms with E-state index in [0.29, 0.717) is 4.99 Å². The molecule has 0 atom stereocenters. The highest BCUT2D eigenvalue weighted by Crippen LogP contribution is 2.37. The number of nitrogens with two attached hydrogens (primary N) is 1. The quantitative estimate of drug-likeness (QED) is 0.837. The first-order chi connectivity index (χ1) is 9.44. The van der Waals surface area contributed by atoms with Crippen LogP contribution in [0, 0.1) is 12.3 Å². The van der Waals surface area contributed by atoms with Crippen molar-refractivity contribution < 1.29 is 4.79 Å². The maximum absolute atomic E-state index is 12.6. The van der Waals surface area contributed by atoms with Crippen molar-refractivity contribution in [2.24, 2.45) is 11.1 Å². The van der Waals surface area contributed by atoms with Gasteiger partial charge in [-0.15, -0.1) is 0 Å². The van der Waals surface area contributed by atoms with Gasteiger partial charge in [0.15, 0.2) is 0 Å². The zero-order valence-corrected chi connectivity index (χ0v) is 13.0. The largest absolute Gasteiger partial charge is 0.389 e. The summed E-state index contributed by atoms with van der Waals surface area (Å²) >= 11 is 5.10. The molecule has 108 valence electrons. The highest BCUT2D eigenvalue weighted by molar-refractivity contribution is 7.80. The fourth-order valence-corrected chi connectivity index (χ4v) is 3.20. The van der Waals surface area contributed by atoms with Crippen molar-refractivity contribution in [3.63, 3.8) is 0 Å². The number of amides is 1. The smallest absolute Gasteiger partial charge is 0.230 e. The molecule has 3 N–H and O–H groups in total. The van der Waals surface area contributed by atoms with Gasteiger partial charge in [0.25, 0.3) is 0 Å². The van der Waals surface area contributed by atoms with Crippen LogP contribution in [0.4, 0.5) is 5.69 Å². The lowest BCUT2D eigenvalue weighted by atomic mass is 9.75. The Hall–Kier alpha value is -1.42. The highest BCUT2D eigenvalue weighted by Gasteiger charge is 2.34. The second kappa shape index (κ2) is 5.92. The fraction of sp³-hybridized carbons (Fsp3) is 0.500. The van der Waals surface area contributed by atoms with E-state index >= 15 is 0 Å². The Bertz CT molecular complexity index is 533. The number of benzene rings is 1. The third kappa shape index (κ3) is 3.01. The first-order valence-corrected chi connectivity index (χ1v) is 7.56. The fourth-order valence-electron chi connectivity index (χ4n) is 2.93. The van der Waals surface area contributed by atoms with Crippen LogP contribution in [-0.2, 0) is 4.79 Å². The molecule has 1 aromatic carbocycles. The zero-order chi connectivity index (χ0) is 14.8. The number of anilines is 1. The van der Waals surface area contributed by atoms with Crippen LogP contribution in [-0.4, -0.2) is 10.9 Å². The van der Waals surface area contributed by atoms with Crippen LogP contribution < -0.4 is 11.1 Å². The first kappa shape index (κ1) is 15.0. The first-order valence-electron chi connectivity index (χ1n) is 7.15. The Morgan fingerprint density at radius 3 is 2.55 bits per heavy atom. The molecule has 2 rings (SSSR count). The van der Waals surface area contributed by atoms with Crippen molar-refractivity contribution in [2.45, 2.75) is 46.0 Å². The molecular weight excluding hydrogens is 268 g/mol. The van der Waals surface area contributed by atoms with Gasteiger partial charge in [-0.2, -0.15) is 0 Å². The van der Waals surface area contributed by atoms with Gasteiger partial charge in [0, 0.05) is 11.0 Å². The summed E-state index contributed by atoms with van der Waals surface area (Å²) in [6.07, 6.45) is 5.38. The second-order valence-corrected chi connectivity index (χ2v) is 6.38. The third-order valence-electron chi connectivity index (χ3n) is 4.27. The van der Waals surface area contributed by atoms with E-state index in [9.17, 15) is 4.79 Å². The van der Waals surface area contributed by atoms with Gasteiger partial charge in [-0.3, -0.25) is 4.79 Å². The number of carbonyl (C=O) groups is 1. The van der Waals surface area contributed by atoms with Crippen molar-refractivity contribution in [3.05, 3.63) is 29.3 Å². The van der Waals surface area contributed by atoms with E-state index in [0.717, 1.165) is 42.5 Å². The van der Waals surface area contributed by atoms with Gasteiger partial charge in [-0.1, -0.05) is 50.5 Å². The Morgan fingerprint density at radius 1 is 1.30 bits per heavy atom. The second-order valence-electron chi connectivity index (χ2n) is 5.94. The molecule has 20 heavy (non-hydrogen) atoms. The summed E-state index contributed by atoms with van der Waals surface area (Å²) in [4.78, 5) is 12.9. The van der Waals surface area contributed by atoms with Crippen molar-refractivity contribution in [1.82, 2.24) is 0 Å². The molecule has 1 amide bonds. The average Bonchev–Trinajstić information content (AvgIpc) is 2.39. The van der Waals surface area contributed by atoms with Gasteiger partial charge in [-0.05, 0) is 31.4 Å². The summed E-state index contributed by atoms with van der Waals surface area (Å²) in [5, 5.41) is 3.04. The molecule has 0 unspecified atom stereocenters. The Balaban J connectivity index is 2.24. The van der Waals surface area contributed by atoms with Crippen molar-refractivity contribution in [3.8, 4) is 0 Å². The number of hydrogen-bond acceptors (Lipinski definition) is 2. The normalized spacial score (nSPS) is 17.5. The lowest BCUT2D eigenvalue weighted by Crippen LogP contribution is -2.35. The summed E-state index contributed by atoms with van der Waals surface area (Å²) in [6.45, 7) is 4.00. The van der Waals surface area contributed by atoms with Crippen molar-refractivity contribution >= 4 is 28.8 Å². The van der Waals surface area contributed by atoms with E-state index in [-0.39, 0.29) is 11.3 Å². The maximum Gasteiger partial charge on any atom is 0.230 e. The van der Waals surface area contributed by atoms with Crippen LogP contribution in [0.2, 0.25) is 0 Å². The molecule has 1 aliphatic rings. The minimum Gasteiger partial charge on any atom is -0.389 e. The standard InChI is InChI=1S/C16H22N2OS/c1-11-7-6-8-12(13(11)14(17)20)18-15(19)16(2)9-4-3-5-10-16/h6-8H,3-5,9-10H2,1-2H3,(H2,17,20)(H,18,19). The summed E-state index contributed by atoms with van der Waals surface area (Å²) in [5.74, 6) is 0.0836. The van der Waals surface area contributed by atoms with E-state index < -0.39 is 0 Å². The summed E-state index contributed by atoms with van der Waals surface area (Å²) in [6, 6.07) is 5.73. The van der Waals surface area contributed by atoms with Gasteiger partial charge in [0.2, 0.25) is 5.91 Å². The van der Waals surface area contributed by atoms with Gasteiger partial charge in [0.05, 0.1) is 5.69 Å². The number of rotatable bonds is 3. The molecule has 1 aliphatic carbocycles. The number of thiocarbonyl (C=S) groups is 1. The number of aryl methyl sites for hydroxylation is 1. The van der Waals surface area contributed by atoms with Crippen molar-refractivity contribution in [1.29, 1.82) is 0 Å². The Labute approximate surface area is 125 Å². The summed E-state index contributed by atoms with van der Waals surface area (Å²) in [5.41, 5.74) is 8.01. The molecule has 0 aliphatic heterocycles. The lowest BCUT2D eigenvalue weighted by molar-refractivity contribution is -0.126. The molecule has 0 saturated heterocycles. The van der Waals surface area contributed by atoms with Crippen LogP contribution in [0.15, 0.2) is 18.2 Å². The minimum atomic E-state index is -0.268. The average molecular weight is 290 g/mol. The van der Waals surface area contributed by atoms with Crippen LogP contribution >= 0.6 is 12.2 Å². The van der Waals surface area contributed by atoms with Crippen LogP contribution in [0.5, 0.6) is 0 Å². The molecular formula is C16H22N2OS. The predicted octanol–water partition coefficient (Wildman–Crippen LogP) is 3.54. The molecule has 0 heterocycles. The number of nitrogens with one attached hydrogen (secondary N) is 1. The molecule has 3 nitrogen and oxygen atoms in total. The van der Waals surface area contributed by atoms with E-state index in [2.05, 4.69) is 12.2 Å². The molecule has 0 aromatic heterocycles. The zero-order valence-electron chi connectivity index (χ0n) is 12.2. The topological polar surface area (TPSA) is 55.1 Å². The molecule has 4 heteroatoms. The van der Waals surface area contributed by atoms with Gasteiger partial charge in [0.1, 0.15) is 4.99 Å². The Kier molecular flexibility index (Phi) is 4.43. The van der Waals surface area contributed by atoms with E-state index in [1.54, 1.807) is 0 Å². The van der Waals surface area contributed by atoms with Crippen LogP contribution in [0.1, 0.15) is 50.2 Å². The Morgan fingerprint density at radius 2 is 1.95 bits per heavy atom. The summed E-state index contributed by atoms with van der Waals surface area (Å²) < 4.78 is 0. The monoisotopic (exact) mass is 290 g/mol. The van der Waals surface area contributed by atoms with Gasteiger partial charge in [-0.25, -0.2) is 0 Å². The van der Waals surface area contributed by atoms with Crippen molar-refractivity contribution in [2.75, 3.05) is 5.32 Å². The highest BCUT2D eigenvalue weighted by atomic mass is 32.1. The third-order valence-corrected chi connectivity index (χ3v) is 4.48. The minimum absolute atomic E-state index is 0.0836. The van der Waals surface area contributed by atoms with E-state index in [1.807, 2.05) is 25.1 Å². The van der Waals surface area contributed by atoms with Gasteiger partial charge < -0.3 is 11.1 Å². The SMILES string of the molecule is Cc1cccc(NC(=O)C2(C)CCCCC2)c1C(N)=S. The molecule has 1 aromatic rings.